The molecule has 0 saturated heterocycles. The minimum atomic E-state index is -0.0380. The van der Waals surface area contributed by atoms with Crippen molar-refractivity contribution in [2.24, 2.45) is 0 Å². The second-order valence-corrected chi connectivity index (χ2v) is 3.94. The van der Waals surface area contributed by atoms with Gasteiger partial charge in [-0.3, -0.25) is 4.79 Å². The maximum absolute atomic E-state index is 11.5. The summed E-state index contributed by atoms with van der Waals surface area (Å²) in [6, 6.07) is 7.67. The summed E-state index contributed by atoms with van der Waals surface area (Å²) in [5.41, 5.74) is 1.67. The number of hydrogen-bond donors (Lipinski definition) is 2. The molecule has 2 N–H and O–H groups in total. The molecule has 0 bridgehead atoms. The van der Waals surface area contributed by atoms with Gasteiger partial charge in [0.05, 0.1) is 6.61 Å². The second kappa shape index (κ2) is 6.91. The highest BCUT2D eigenvalue weighted by Gasteiger charge is 2.04. The molecule has 0 aliphatic carbocycles. The van der Waals surface area contributed by atoms with E-state index in [0.29, 0.717) is 18.7 Å². The second-order valence-electron chi connectivity index (χ2n) is 3.94. The molecule has 94 valence electrons. The minimum Gasteiger partial charge on any atom is -0.383 e. The fraction of sp³-hybridized carbons (Fsp3) is 0.462. The van der Waals surface area contributed by atoms with E-state index in [2.05, 4.69) is 10.6 Å². The third-order valence-electron chi connectivity index (χ3n) is 2.31. The standard InChI is InChI=1S/C13H20N2O2/c1-4-14-13(16)11-5-7-12(8-6-11)15-10(2)9-17-3/h5-8,10,15H,4,9H2,1-3H3,(H,14,16). The highest BCUT2D eigenvalue weighted by atomic mass is 16.5. The Hall–Kier alpha value is -1.55. The van der Waals surface area contributed by atoms with Crippen LogP contribution in [-0.4, -0.2) is 32.2 Å². The Morgan fingerprint density at radius 1 is 1.35 bits per heavy atom. The van der Waals surface area contributed by atoms with Gasteiger partial charge in [-0.05, 0) is 38.1 Å². The van der Waals surface area contributed by atoms with Gasteiger partial charge in [0.1, 0.15) is 0 Å². The topological polar surface area (TPSA) is 50.4 Å². The lowest BCUT2D eigenvalue weighted by Gasteiger charge is -2.14. The fourth-order valence-electron chi connectivity index (χ4n) is 1.56. The van der Waals surface area contributed by atoms with E-state index in [0.717, 1.165) is 5.69 Å². The Bertz CT molecular complexity index is 349. The predicted molar refractivity (Wildman–Crippen MR) is 69.4 cm³/mol. The molecule has 0 fully saturated rings. The van der Waals surface area contributed by atoms with Gasteiger partial charge in [0.2, 0.25) is 0 Å². The highest BCUT2D eigenvalue weighted by molar-refractivity contribution is 5.94. The number of methoxy groups -OCH3 is 1. The Morgan fingerprint density at radius 3 is 2.53 bits per heavy atom. The first-order chi connectivity index (χ1) is 8.17. The molecule has 1 unspecified atom stereocenters. The van der Waals surface area contributed by atoms with Crippen molar-refractivity contribution < 1.29 is 9.53 Å². The molecule has 4 nitrogen and oxygen atoms in total. The van der Waals surface area contributed by atoms with E-state index in [1.807, 2.05) is 38.1 Å². The van der Waals surface area contributed by atoms with Crippen molar-refractivity contribution in [2.75, 3.05) is 25.6 Å². The summed E-state index contributed by atoms with van der Waals surface area (Å²) >= 11 is 0. The van der Waals surface area contributed by atoms with Crippen molar-refractivity contribution in [1.82, 2.24) is 5.32 Å². The van der Waals surface area contributed by atoms with Crippen LogP contribution in [-0.2, 0) is 4.74 Å². The van der Waals surface area contributed by atoms with Crippen LogP contribution in [0.15, 0.2) is 24.3 Å². The minimum absolute atomic E-state index is 0.0380. The van der Waals surface area contributed by atoms with Crippen molar-refractivity contribution in [2.45, 2.75) is 19.9 Å². The number of amides is 1. The molecule has 1 atom stereocenters. The van der Waals surface area contributed by atoms with Gasteiger partial charge < -0.3 is 15.4 Å². The number of anilines is 1. The molecule has 0 radical (unpaired) electrons. The van der Waals surface area contributed by atoms with Crippen LogP contribution in [0.1, 0.15) is 24.2 Å². The zero-order chi connectivity index (χ0) is 12.7. The van der Waals surface area contributed by atoms with Crippen molar-refractivity contribution in [3.63, 3.8) is 0 Å². The van der Waals surface area contributed by atoms with E-state index < -0.39 is 0 Å². The van der Waals surface area contributed by atoms with Gasteiger partial charge in [-0.1, -0.05) is 0 Å². The van der Waals surface area contributed by atoms with Gasteiger partial charge in [0.15, 0.2) is 0 Å². The summed E-state index contributed by atoms with van der Waals surface area (Å²) in [6.07, 6.45) is 0. The Balaban J connectivity index is 2.58. The van der Waals surface area contributed by atoms with Crippen LogP contribution in [0.5, 0.6) is 0 Å². The average Bonchev–Trinajstić information content (AvgIpc) is 2.30. The number of rotatable bonds is 6. The summed E-state index contributed by atoms with van der Waals surface area (Å²) in [4.78, 5) is 11.5. The van der Waals surface area contributed by atoms with Crippen molar-refractivity contribution in [3.05, 3.63) is 29.8 Å². The maximum atomic E-state index is 11.5. The summed E-state index contributed by atoms with van der Waals surface area (Å²) in [7, 11) is 1.68. The van der Waals surface area contributed by atoms with E-state index in [9.17, 15) is 4.79 Å². The zero-order valence-electron chi connectivity index (χ0n) is 10.6. The molecule has 1 rings (SSSR count). The van der Waals surface area contributed by atoms with Gasteiger partial charge in [-0.25, -0.2) is 0 Å². The third-order valence-corrected chi connectivity index (χ3v) is 2.31. The SMILES string of the molecule is CCNC(=O)c1ccc(NC(C)COC)cc1. The maximum Gasteiger partial charge on any atom is 0.251 e. The molecule has 4 heteroatoms. The lowest BCUT2D eigenvalue weighted by molar-refractivity contribution is 0.0956. The van der Waals surface area contributed by atoms with Crippen LogP contribution in [0.4, 0.5) is 5.69 Å². The van der Waals surface area contributed by atoms with Crippen LogP contribution in [0.3, 0.4) is 0 Å². The molecule has 0 spiro atoms. The molecule has 0 heterocycles. The quantitative estimate of drug-likeness (QED) is 0.793. The lowest BCUT2D eigenvalue weighted by atomic mass is 10.2. The number of hydrogen-bond acceptors (Lipinski definition) is 3. The number of benzene rings is 1. The van der Waals surface area contributed by atoms with Crippen molar-refractivity contribution in [1.29, 1.82) is 0 Å². The molecular weight excluding hydrogens is 216 g/mol. The monoisotopic (exact) mass is 236 g/mol. The number of nitrogens with one attached hydrogen (secondary N) is 2. The summed E-state index contributed by atoms with van der Waals surface area (Å²) in [6.45, 7) is 5.24. The molecule has 17 heavy (non-hydrogen) atoms. The van der Waals surface area contributed by atoms with Crippen molar-refractivity contribution >= 4 is 11.6 Å². The third kappa shape index (κ3) is 4.44. The zero-order valence-corrected chi connectivity index (χ0v) is 10.6. The molecular formula is C13H20N2O2. The molecule has 1 aromatic carbocycles. The van der Waals surface area contributed by atoms with Gasteiger partial charge in [-0.2, -0.15) is 0 Å². The molecule has 1 amide bonds. The van der Waals surface area contributed by atoms with Crippen molar-refractivity contribution in [3.8, 4) is 0 Å². The molecule has 0 aliphatic rings. The van der Waals surface area contributed by atoms with E-state index in [1.165, 1.54) is 0 Å². The Kier molecular flexibility index (Phi) is 5.49. The van der Waals surface area contributed by atoms with Crippen LogP contribution in [0.2, 0.25) is 0 Å². The van der Waals surface area contributed by atoms with E-state index in [-0.39, 0.29) is 11.9 Å². The largest absolute Gasteiger partial charge is 0.383 e. The predicted octanol–water partition coefficient (Wildman–Crippen LogP) is 1.88. The van der Waals surface area contributed by atoms with Gasteiger partial charge in [0, 0.05) is 30.9 Å². The van der Waals surface area contributed by atoms with E-state index >= 15 is 0 Å². The normalized spacial score (nSPS) is 11.9. The van der Waals surface area contributed by atoms with Gasteiger partial charge in [-0.15, -0.1) is 0 Å². The highest BCUT2D eigenvalue weighted by Crippen LogP contribution is 2.10. The van der Waals surface area contributed by atoms with E-state index in [4.69, 9.17) is 4.74 Å². The molecule has 0 aliphatic heterocycles. The summed E-state index contributed by atoms with van der Waals surface area (Å²) in [5.74, 6) is -0.0380. The lowest BCUT2D eigenvalue weighted by Crippen LogP contribution is -2.23. The molecule has 0 aromatic heterocycles. The Labute approximate surface area is 102 Å². The van der Waals surface area contributed by atoms with Gasteiger partial charge in [0.25, 0.3) is 5.91 Å². The Morgan fingerprint density at radius 2 is 2.00 bits per heavy atom. The smallest absolute Gasteiger partial charge is 0.251 e. The first-order valence-electron chi connectivity index (χ1n) is 5.81. The van der Waals surface area contributed by atoms with Crippen LogP contribution < -0.4 is 10.6 Å². The first-order valence-corrected chi connectivity index (χ1v) is 5.81. The van der Waals surface area contributed by atoms with Crippen LogP contribution in [0.25, 0.3) is 0 Å². The first kappa shape index (κ1) is 13.5. The number of ether oxygens (including phenoxy) is 1. The summed E-state index contributed by atoms with van der Waals surface area (Å²) in [5, 5.41) is 6.05. The van der Waals surface area contributed by atoms with Gasteiger partial charge >= 0.3 is 0 Å². The van der Waals surface area contributed by atoms with Crippen LogP contribution in [0, 0.1) is 0 Å². The average molecular weight is 236 g/mol. The number of carbonyl (C=O) groups is 1. The summed E-state index contributed by atoms with van der Waals surface area (Å²) < 4.78 is 5.04. The van der Waals surface area contributed by atoms with E-state index in [1.54, 1.807) is 7.11 Å². The van der Waals surface area contributed by atoms with Crippen LogP contribution >= 0.6 is 0 Å². The molecule has 0 saturated carbocycles. The number of carbonyl (C=O) groups excluding carboxylic acids is 1. The fourth-order valence-corrected chi connectivity index (χ4v) is 1.56. The molecule has 1 aromatic rings.